The normalized spacial score (nSPS) is 10.9. The molecular formula is C10H10FNO. The van der Waals surface area contributed by atoms with Gasteiger partial charge in [0.2, 0.25) is 0 Å². The summed E-state index contributed by atoms with van der Waals surface area (Å²) in [5, 5.41) is 3.77. The molecule has 0 saturated carbocycles. The molecule has 0 amide bonds. The van der Waals surface area contributed by atoms with Crippen molar-refractivity contribution in [1.29, 1.82) is 0 Å². The Balaban J connectivity index is 2.66. The number of nitrogens with one attached hydrogen (secondary N) is 1. The third kappa shape index (κ3) is 1.31. The molecule has 0 unspecified atom stereocenters. The zero-order chi connectivity index (χ0) is 9.26. The molecule has 1 heterocycles. The van der Waals surface area contributed by atoms with Crippen LogP contribution in [0.25, 0.3) is 11.0 Å². The smallest absolute Gasteiger partial charge is 0.134 e. The number of furan rings is 1. The van der Waals surface area contributed by atoms with E-state index >= 15 is 0 Å². The minimum absolute atomic E-state index is 0.191. The van der Waals surface area contributed by atoms with E-state index in [2.05, 4.69) is 5.32 Å². The van der Waals surface area contributed by atoms with Crippen LogP contribution in [0, 0.1) is 5.82 Å². The van der Waals surface area contributed by atoms with Crippen molar-refractivity contribution in [2.75, 3.05) is 7.05 Å². The highest BCUT2D eigenvalue weighted by molar-refractivity contribution is 5.81. The van der Waals surface area contributed by atoms with Crippen molar-refractivity contribution in [2.24, 2.45) is 0 Å². The summed E-state index contributed by atoms with van der Waals surface area (Å²) in [4.78, 5) is 0. The summed E-state index contributed by atoms with van der Waals surface area (Å²) >= 11 is 0. The van der Waals surface area contributed by atoms with Crippen molar-refractivity contribution in [3.8, 4) is 0 Å². The maximum Gasteiger partial charge on any atom is 0.134 e. The number of halogens is 1. The van der Waals surface area contributed by atoms with Crippen LogP contribution < -0.4 is 5.32 Å². The Morgan fingerprint density at radius 2 is 2.23 bits per heavy atom. The van der Waals surface area contributed by atoms with E-state index in [0.29, 0.717) is 12.1 Å². The highest BCUT2D eigenvalue weighted by Crippen LogP contribution is 2.22. The first-order valence-electron chi connectivity index (χ1n) is 4.12. The molecule has 0 bridgehead atoms. The van der Waals surface area contributed by atoms with Crippen LogP contribution in [-0.4, -0.2) is 7.05 Å². The second-order valence-electron chi connectivity index (χ2n) is 2.89. The summed E-state index contributed by atoms with van der Waals surface area (Å²) in [5.74, 6) is -0.191. The third-order valence-electron chi connectivity index (χ3n) is 2.04. The number of hydrogen-bond donors (Lipinski definition) is 1. The summed E-state index contributed by atoms with van der Waals surface area (Å²) in [6, 6.07) is 4.85. The molecule has 0 radical (unpaired) electrons. The average Bonchev–Trinajstić information content (AvgIpc) is 2.58. The zero-order valence-corrected chi connectivity index (χ0v) is 7.30. The fourth-order valence-corrected chi connectivity index (χ4v) is 1.43. The van der Waals surface area contributed by atoms with E-state index in [-0.39, 0.29) is 5.82 Å². The van der Waals surface area contributed by atoms with Crippen LogP contribution in [0.5, 0.6) is 0 Å². The Hall–Kier alpha value is -1.35. The Morgan fingerprint density at radius 3 is 3.00 bits per heavy atom. The van der Waals surface area contributed by atoms with Gasteiger partial charge in [-0.15, -0.1) is 0 Å². The van der Waals surface area contributed by atoms with Gasteiger partial charge in [-0.3, -0.25) is 0 Å². The second kappa shape index (κ2) is 3.18. The summed E-state index contributed by atoms with van der Waals surface area (Å²) in [6.07, 6.45) is 1.57. The fourth-order valence-electron chi connectivity index (χ4n) is 1.43. The lowest BCUT2D eigenvalue weighted by Crippen LogP contribution is -2.07. The number of hydrogen-bond acceptors (Lipinski definition) is 2. The van der Waals surface area contributed by atoms with E-state index in [1.807, 2.05) is 0 Å². The van der Waals surface area contributed by atoms with Crippen molar-refractivity contribution in [2.45, 2.75) is 6.54 Å². The molecule has 68 valence electrons. The van der Waals surface area contributed by atoms with E-state index in [1.54, 1.807) is 25.4 Å². The fraction of sp³-hybridized carbons (Fsp3) is 0.200. The Labute approximate surface area is 75.4 Å². The minimum atomic E-state index is -0.191. The van der Waals surface area contributed by atoms with Gasteiger partial charge in [0.25, 0.3) is 0 Å². The SMILES string of the molecule is CNCc1c(F)ccc2occc12. The van der Waals surface area contributed by atoms with E-state index in [1.165, 1.54) is 6.07 Å². The predicted molar refractivity (Wildman–Crippen MR) is 48.9 cm³/mol. The molecule has 0 saturated heterocycles. The molecule has 1 N–H and O–H groups in total. The topological polar surface area (TPSA) is 25.2 Å². The minimum Gasteiger partial charge on any atom is -0.464 e. The molecule has 2 nitrogen and oxygen atoms in total. The van der Waals surface area contributed by atoms with Gasteiger partial charge in [0.05, 0.1) is 6.26 Å². The van der Waals surface area contributed by atoms with Crippen LogP contribution in [0.3, 0.4) is 0 Å². The largest absolute Gasteiger partial charge is 0.464 e. The van der Waals surface area contributed by atoms with Gasteiger partial charge in [0.1, 0.15) is 11.4 Å². The Morgan fingerprint density at radius 1 is 1.38 bits per heavy atom. The van der Waals surface area contributed by atoms with Gasteiger partial charge < -0.3 is 9.73 Å². The molecule has 0 atom stereocenters. The standard InChI is InChI=1S/C10H10FNO/c1-12-6-8-7-4-5-13-10(7)3-2-9(8)11/h2-5,12H,6H2,1H3. The monoisotopic (exact) mass is 179 g/mol. The van der Waals surface area contributed by atoms with Gasteiger partial charge in [0, 0.05) is 17.5 Å². The maximum atomic E-state index is 13.3. The van der Waals surface area contributed by atoms with Gasteiger partial charge in [0.15, 0.2) is 0 Å². The number of benzene rings is 1. The molecule has 0 aliphatic carbocycles. The number of fused-ring (bicyclic) bond motifs is 1. The highest BCUT2D eigenvalue weighted by atomic mass is 19.1. The van der Waals surface area contributed by atoms with E-state index in [4.69, 9.17) is 4.42 Å². The van der Waals surface area contributed by atoms with Gasteiger partial charge >= 0.3 is 0 Å². The average molecular weight is 179 g/mol. The van der Waals surface area contributed by atoms with Crippen molar-refractivity contribution < 1.29 is 8.81 Å². The molecule has 3 heteroatoms. The summed E-state index contributed by atoms with van der Waals surface area (Å²) in [7, 11) is 1.79. The lowest BCUT2D eigenvalue weighted by molar-refractivity contribution is 0.596. The van der Waals surface area contributed by atoms with Gasteiger partial charge in [-0.05, 0) is 25.2 Å². The van der Waals surface area contributed by atoms with Crippen LogP contribution >= 0.6 is 0 Å². The predicted octanol–water partition coefficient (Wildman–Crippen LogP) is 2.29. The van der Waals surface area contributed by atoms with Crippen molar-refractivity contribution in [3.63, 3.8) is 0 Å². The van der Waals surface area contributed by atoms with Gasteiger partial charge in [-0.1, -0.05) is 0 Å². The molecule has 2 aromatic rings. The summed E-state index contributed by atoms with van der Waals surface area (Å²) in [6.45, 7) is 0.517. The molecule has 0 spiro atoms. The van der Waals surface area contributed by atoms with E-state index in [9.17, 15) is 4.39 Å². The lowest BCUT2D eigenvalue weighted by Gasteiger charge is -2.02. The van der Waals surface area contributed by atoms with Crippen LogP contribution in [0.15, 0.2) is 28.9 Å². The van der Waals surface area contributed by atoms with Crippen LogP contribution in [0.2, 0.25) is 0 Å². The first-order chi connectivity index (χ1) is 6.33. The quantitative estimate of drug-likeness (QED) is 0.765. The molecule has 0 fully saturated rings. The van der Waals surface area contributed by atoms with Crippen molar-refractivity contribution in [1.82, 2.24) is 5.32 Å². The highest BCUT2D eigenvalue weighted by Gasteiger charge is 2.07. The van der Waals surface area contributed by atoms with Crippen molar-refractivity contribution >= 4 is 11.0 Å². The molecule has 13 heavy (non-hydrogen) atoms. The van der Waals surface area contributed by atoms with Crippen LogP contribution in [-0.2, 0) is 6.54 Å². The Bertz CT molecular complexity index is 422. The summed E-state index contributed by atoms with van der Waals surface area (Å²) in [5.41, 5.74) is 1.39. The van der Waals surface area contributed by atoms with Crippen molar-refractivity contribution in [3.05, 3.63) is 35.8 Å². The number of rotatable bonds is 2. The van der Waals surface area contributed by atoms with Gasteiger partial charge in [-0.2, -0.15) is 0 Å². The van der Waals surface area contributed by atoms with Crippen LogP contribution in [0.4, 0.5) is 4.39 Å². The van der Waals surface area contributed by atoms with Gasteiger partial charge in [-0.25, -0.2) is 4.39 Å². The molecule has 2 rings (SSSR count). The maximum absolute atomic E-state index is 13.3. The molecule has 0 aliphatic rings. The molecule has 0 aliphatic heterocycles. The van der Waals surface area contributed by atoms with E-state index in [0.717, 1.165) is 11.0 Å². The Kier molecular flexibility index (Phi) is 2.02. The summed E-state index contributed by atoms with van der Waals surface area (Å²) < 4.78 is 18.5. The lowest BCUT2D eigenvalue weighted by atomic mass is 10.1. The van der Waals surface area contributed by atoms with E-state index < -0.39 is 0 Å². The molecular weight excluding hydrogens is 169 g/mol. The van der Waals surface area contributed by atoms with Crippen LogP contribution in [0.1, 0.15) is 5.56 Å². The molecule has 1 aromatic heterocycles. The molecule has 1 aromatic carbocycles. The second-order valence-corrected chi connectivity index (χ2v) is 2.89. The first kappa shape index (κ1) is 8.26. The third-order valence-corrected chi connectivity index (χ3v) is 2.04. The zero-order valence-electron chi connectivity index (χ0n) is 7.30. The first-order valence-corrected chi connectivity index (χ1v) is 4.12.